The smallest absolute Gasteiger partial charge is 0.194 e. The summed E-state index contributed by atoms with van der Waals surface area (Å²) in [7, 11) is 2.06. The van der Waals surface area contributed by atoms with E-state index in [0.717, 1.165) is 50.3 Å². The fraction of sp³-hybridized carbons (Fsp3) is 0.524. The van der Waals surface area contributed by atoms with Crippen molar-refractivity contribution in [3.63, 3.8) is 0 Å². The van der Waals surface area contributed by atoms with Gasteiger partial charge in [0.2, 0.25) is 0 Å². The number of hydrogen-bond donors (Lipinski definition) is 1. The van der Waals surface area contributed by atoms with Gasteiger partial charge in [-0.3, -0.25) is 4.68 Å². The topological polar surface area (TPSA) is 54.7 Å². The van der Waals surface area contributed by atoms with Crippen molar-refractivity contribution in [2.75, 3.05) is 33.4 Å². The molecule has 146 valence electrons. The fourth-order valence-corrected chi connectivity index (χ4v) is 2.82. The summed E-state index contributed by atoms with van der Waals surface area (Å²) in [6, 6.07) is 10.4. The summed E-state index contributed by atoms with van der Waals surface area (Å²) < 4.78 is 7.70. The maximum absolute atomic E-state index is 5.74. The van der Waals surface area contributed by atoms with E-state index in [2.05, 4.69) is 59.7 Å². The van der Waals surface area contributed by atoms with Crippen LogP contribution in [0, 0.1) is 5.92 Å². The molecular weight excluding hydrogens is 338 g/mol. The maximum Gasteiger partial charge on any atom is 0.194 e. The van der Waals surface area contributed by atoms with Gasteiger partial charge in [-0.1, -0.05) is 30.3 Å². The third kappa shape index (κ3) is 6.71. The number of aliphatic imine (C=N–C) groups is 1. The number of guanidine groups is 1. The molecule has 0 radical (unpaired) electrons. The lowest BCUT2D eigenvalue weighted by molar-refractivity contribution is 0.115. The van der Waals surface area contributed by atoms with Gasteiger partial charge in [-0.25, -0.2) is 4.99 Å². The Morgan fingerprint density at radius 1 is 1.30 bits per heavy atom. The van der Waals surface area contributed by atoms with E-state index in [1.54, 1.807) is 0 Å². The Morgan fingerprint density at radius 2 is 2.11 bits per heavy atom. The molecule has 27 heavy (non-hydrogen) atoms. The van der Waals surface area contributed by atoms with Crippen LogP contribution >= 0.6 is 0 Å². The molecule has 2 aromatic rings. The van der Waals surface area contributed by atoms with Crippen molar-refractivity contribution in [1.29, 1.82) is 0 Å². The highest BCUT2D eigenvalue weighted by Gasteiger charge is 2.21. The van der Waals surface area contributed by atoms with Gasteiger partial charge < -0.3 is 15.0 Å². The van der Waals surface area contributed by atoms with Gasteiger partial charge in [-0.15, -0.1) is 0 Å². The Kier molecular flexibility index (Phi) is 7.27. The highest BCUT2D eigenvalue weighted by molar-refractivity contribution is 5.79. The van der Waals surface area contributed by atoms with Crippen molar-refractivity contribution < 1.29 is 4.74 Å². The Bertz CT molecular complexity index is 708. The van der Waals surface area contributed by atoms with Gasteiger partial charge in [-0.05, 0) is 31.2 Å². The maximum atomic E-state index is 5.74. The number of hydrogen-bond acceptors (Lipinski definition) is 3. The number of rotatable bonds is 10. The molecule has 0 saturated heterocycles. The van der Waals surface area contributed by atoms with E-state index in [0.29, 0.717) is 6.54 Å². The first-order valence-corrected chi connectivity index (χ1v) is 9.87. The quantitative estimate of drug-likeness (QED) is 0.397. The van der Waals surface area contributed by atoms with Crippen LogP contribution in [-0.2, 0) is 17.8 Å². The van der Waals surface area contributed by atoms with E-state index < -0.39 is 0 Å². The first-order chi connectivity index (χ1) is 13.2. The van der Waals surface area contributed by atoms with Crippen LogP contribution in [0.4, 0.5) is 0 Å². The normalized spacial score (nSPS) is 14.4. The van der Waals surface area contributed by atoms with Gasteiger partial charge in [-0.2, -0.15) is 5.10 Å². The van der Waals surface area contributed by atoms with Crippen LogP contribution < -0.4 is 5.32 Å². The molecule has 1 aliphatic carbocycles. The molecule has 6 heteroatoms. The molecule has 3 rings (SSSR count). The Morgan fingerprint density at radius 3 is 2.85 bits per heavy atom. The van der Waals surface area contributed by atoms with Crippen LogP contribution in [0.1, 0.15) is 30.9 Å². The molecule has 0 spiro atoms. The number of aromatic nitrogens is 2. The van der Waals surface area contributed by atoms with Gasteiger partial charge >= 0.3 is 0 Å². The second-order valence-electron chi connectivity index (χ2n) is 7.14. The average Bonchev–Trinajstić information content (AvgIpc) is 3.41. The first-order valence-electron chi connectivity index (χ1n) is 9.87. The fourth-order valence-electron chi connectivity index (χ4n) is 2.82. The Labute approximate surface area is 162 Å². The molecule has 1 aromatic carbocycles. The number of ether oxygens (including phenoxy) is 1. The van der Waals surface area contributed by atoms with Crippen molar-refractivity contribution >= 4 is 5.96 Å². The Balaban J connectivity index is 1.49. The van der Waals surface area contributed by atoms with Crippen LogP contribution in [0.5, 0.6) is 0 Å². The standard InChI is InChI=1S/C21H31N5O/c1-3-22-21(25(2)11-12-27-17-19-9-10-19)23-13-20-14-24-26(16-20)15-18-7-5-4-6-8-18/h4-8,14,16,19H,3,9-13,15,17H2,1-2H3,(H,22,23). The molecule has 0 aliphatic heterocycles. The molecule has 1 heterocycles. The molecule has 1 fully saturated rings. The van der Waals surface area contributed by atoms with Crippen molar-refractivity contribution in [3.05, 3.63) is 53.9 Å². The van der Waals surface area contributed by atoms with Crippen molar-refractivity contribution in [3.8, 4) is 0 Å². The predicted molar refractivity (Wildman–Crippen MR) is 109 cm³/mol. The predicted octanol–water partition coefficient (Wildman–Crippen LogP) is 2.76. The summed E-state index contributed by atoms with van der Waals surface area (Å²) in [6.07, 6.45) is 6.63. The minimum Gasteiger partial charge on any atom is -0.379 e. The molecule has 0 atom stereocenters. The molecule has 0 amide bonds. The van der Waals surface area contributed by atoms with Crippen LogP contribution in [0.25, 0.3) is 0 Å². The second-order valence-corrected chi connectivity index (χ2v) is 7.14. The van der Waals surface area contributed by atoms with E-state index in [9.17, 15) is 0 Å². The summed E-state index contributed by atoms with van der Waals surface area (Å²) >= 11 is 0. The molecule has 1 aliphatic rings. The highest BCUT2D eigenvalue weighted by Crippen LogP contribution is 2.28. The highest BCUT2D eigenvalue weighted by atomic mass is 16.5. The minimum atomic E-state index is 0.615. The van der Waals surface area contributed by atoms with Gasteiger partial charge in [0.1, 0.15) is 0 Å². The summed E-state index contributed by atoms with van der Waals surface area (Å²) in [6.45, 7) is 6.82. The molecule has 0 unspecified atom stereocenters. The number of likely N-dealkylation sites (N-methyl/N-ethyl adjacent to an activating group) is 1. The zero-order chi connectivity index (χ0) is 18.9. The van der Waals surface area contributed by atoms with Crippen molar-refractivity contribution in [2.45, 2.75) is 32.9 Å². The van der Waals surface area contributed by atoms with Gasteiger partial charge in [0, 0.05) is 38.5 Å². The van der Waals surface area contributed by atoms with Crippen molar-refractivity contribution in [2.24, 2.45) is 10.9 Å². The monoisotopic (exact) mass is 369 g/mol. The van der Waals surface area contributed by atoms with Gasteiger partial charge in [0.15, 0.2) is 5.96 Å². The van der Waals surface area contributed by atoms with Crippen LogP contribution in [-0.4, -0.2) is 54.0 Å². The molecular formula is C21H31N5O. The largest absolute Gasteiger partial charge is 0.379 e. The second kappa shape index (κ2) is 10.1. The van der Waals surface area contributed by atoms with Crippen molar-refractivity contribution in [1.82, 2.24) is 20.0 Å². The zero-order valence-corrected chi connectivity index (χ0v) is 16.5. The number of nitrogens with zero attached hydrogens (tertiary/aromatic N) is 4. The molecule has 1 N–H and O–H groups in total. The zero-order valence-electron chi connectivity index (χ0n) is 16.5. The van der Waals surface area contributed by atoms with Gasteiger partial charge in [0.05, 0.1) is 25.9 Å². The number of nitrogens with one attached hydrogen (secondary N) is 1. The third-order valence-electron chi connectivity index (χ3n) is 4.60. The summed E-state index contributed by atoms with van der Waals surface area (Å²) in [4.78, 5) is 6.88. The van der Waals surface area contributed by atoms with E-state index in [-0.39, 0.29) is 0 Å². The SMILES string of the molecule is CCNC(=NCc1cnn(Cc2ccccc2)c1)N(C)CCOCC1CC1. The molecule has 1 saturated carbocycles. The summed E-state index contributed by atoms with van der Waals surface area (Å²) in [5.74, 6) is 1.72. The summed E-state index contributed by atoms with van der Waals surface area (Å²) in [5, 5.41) is 7.81. The third-order valence-corrected chi connectivity index (χ3v) is 4.60. The van der Waals surface area contributed by atoms with Gasteiger partial charge in [0.25, 0.3) is 0 Å². The minimum absolute atomic E-state index is 0.615. The van der Waals surface area contributed by atoms with E-state index in [4.69, 9.17) is 9.73 Å². The van der Waals surface area contributed by atoms with E-state index >= 15 is 0 Å². The van der Waals surface area contributed by atoms with Crippen LogP contribution in [0.15, 0.2) is 47.7 Å². The Hall–Kier alpha value is -2.34. The molecule has 0 bridgehead atoms. The van der Waals surface area contributed by atoms with Crippen LogP contribution in [0.3, 0.4) is 0 Å². The molecule has 6 nitrogen and oxygen atoms in total. The first kappa shape index (κ1) is 19.4. The lowest BCUT2D eigenvalue weighted by Crippen LogP contribution is -2.40. The number of benzene rings is 1. The lowest BCUT2D eigenvalue weighted by Gasteiger charge is -2.21. The van der Waals surface area contributed by atoms with E-state index in [1.165, 1.54) is 18.4 Å². The lowest BCUT2D eigenvalue weighted by atomic mass is 10.2. The molecule has 1 aromatic heterocycles. The average molecular weight is 370 g/mol. The van der Waals surface area contributed by atoms with E-state index in [1.807, 2.05) is 16.9 Å². The van der Waals surface area contributed by atoms with Crippen LogP contribution in [0.2, 0.25) is 0 Å². The summed E-state index contributed by atoms with van der Waals surface area (Å²) in [5.41, 5.74) is 2.36.